The molecule has 0 saturated carbocycles. The van der Waals surface area contributed by atoms with Crippen LogP contribution in [0.15, 0.2) is 0 Å². The Hall–Kier alpha value is -1.26. The van der Waals surface area contributed by atoms with E-state index in [1.165, 1.54) is 0 Å². The number of nitrogens with one attached hydrogen (secondary N) is 1. The highest BCUT2D eigenvalue weighted by atomic mass is 32.2. The number of nitrogens with two attached hydrogens (primary N) is 1. The van der Waals surface area contributed by atoms with E-state index in [0.717, 1.165) is 11.8 Å². The van der Waals surface area contributed by atoms with Gasteiger partial charge in [-0.25, -0.2) is 0 Å². The fraction of sp³-hybridized carbons (Fsp3) is 0.571. The summed E-state index contributed by atoms with van der Waals surface area (Å²) < 4.78 is 0. The lowest BCUT2D eigenvalue weighted by Crippen LogP contribution is -2.40. The van der Waals surface area contributed by atoms with E-state index in [2.05, 4.69) is 5.32 Å². The molecule has 2 amide bonds. The molecule has 1 unspecified atom stereocenters. The fourth-order valence-corrected chi connectivity index (χ4v) is 1.03. The number of aliphatic hydroxyl groups excluding tert-OH is 1. The van der Waals surface area contributed by atoms with Gasteiger partial charge < -0.3 is 16.2 Å². The second-order valence-electron chi connectivity index (χ2n) is 2.37. The van der Waals surface area contributed by atoms with Crippen LogP contribution in [0, 0.1) is 11.3 Å². The topological polar surface area (TPSA) is 116 Å². The molecule has 78 valence electrons. The average molecular weight is 217 g/mol. The Kier molecular flexibility index (Phi) is 6.53. The van der Waals surface area contributed by atoms with Crippen LogP contribution in [0.25, 0.3) is 0 Å². The Balaban J connectivity index is 3.54. The molecule has 0 aliphatic rings. The molecule has 0 heterocycles. The number of nitrogens with zero attached hydrogens (tertiary/aromatic N) is 1. The second-order valence-corrected chi connectivity index (χ2v) is 3.36. The highest BCUT2D eigenvalue weighted by molar-refractivity contribution is 8.00. The summed E-state index contributed by atoms with van der Waals surface area (Å²) in [6, 6.07) is 1.87. The summed E-state index contributed by atoms with van der Waals surface area (Å²) in [5.41, 5.74) is 4.76. The Morgan fingerprint density at radius 1 is 1.64 bits per heavy atom. The smallest absolute Gasteiger partial charge is 0.248 e. The molecule has 4 N–H and O–H groups in total. The molecular weight excluding hydrogens is 206 g/mol. The first-order chi connectivity index (χ1) is 6.57. The van der Waals surface area contributed by atoms with Gasteiger partial charge in [0.1, 0.15) is 6.10 Å². The van der Waals surface area contributed by atoms with Crippen molar-refractivity contribution in [2.24, 2.45) is 5.73 Å². The monoisotopic (exact) mass is 217 g/mol. The van der Waals surface area contributed by atoms with Crippen molar-refractivity contribution < 1.29 is 14.7 Å². The molecule has 0 saturated heterocycles. The first-order valence-electron chi connectivity index (χ1n) is 3.76. The summed E-state index contributed by atoms with van der Waals surface area (Å²) in [4.78, 5) is 21.3. The van der Waals surface area contributed by atoms with Gasteiger partial charge in [-0.1, -0.05) is 0 Å². The van der Waals surface area contributed by atoms with Gasteiger partial charge in [0.2, 0.25) is 11.8 Å². The number of hydrogen-bond acceptors (Lipinski definition) is 5. The molecule has 0 aromatic carbocycles. The van der Waals surface area contributed by atoms with Crippen molar-refractivity contribution in [3.8, 4) is 6.07 Å². The van der Waals surface area contributed by atoms with E-state index in [1.54, 1.807) is 0 Å². The number of carbonyl (C=O) groups is 2. The van der Waals surface area contributed by atoms with Gasteiger partial charge in [0, 0.05) is 0 Å². The number of hydrogen-bond donors (Lipinski definition) is 3. The lowest BCUT2D eigenvalue weighted by Gasteiger charge is -2.07. The van der Waals surface area contributed by atoms with Crippen LogP contribution < -0.4 is 11.1 Å². The number of carbonyl (C=O) groups excluding carboxylic acids is 2. The minimum absolute atomic E-state index is 0.124. The molecule has 6 nitrogen and oxygen atoms in total. The summed E-state index contributed by atoms with van der Waals surface area (Å²) >= 11 is 1.15. The van der Waals surface area contributed by atoms with Gasteiger partial charge in [0.15, 0.2) is 0 Å². The van der Waals surface area contributed by atoms with Crippen LogP contribution in [-0.4, -0.2) is 41.1 Å². The molecule has 0 aliphatic heterocycles. The molecule has 0 aromatic heterocycles. The molecule has 0 bridgehead atoms. The van der Waals surface area contributed by atoms with Crippen molar-refractivity contribution in [2.75, 3.05) is 18.1 Å². The number of aliphatic hydroxyl groups is 1. The molecule has 0 radical (unpaired) electrons. The summed E-state index contributed by atoms with van der Waals surface area (Å²) in [6.45, 7) is -0.193. The molecule has 14 heavy (non-hydrogen) atoms. The van der Waals surface area contributed by atoms with Gasteiger partial charge in [0.05, 0.1) is 24.1 Å². The Bertz CT molecular complexity index is 251. The highest BCUT2D eigenvalue weighted by Crippen LogP contribution is 1.96. The number of thioether (sulfide) groups is 1. The number of rotatable bonds is 6. The second kappa shape index (κ2) is 7.17. The Morgan fingerprint density at radius 3 is 2.79 bits per heavy atom. The number of nitriles is 1. The molecule has 7 heteroatoms. The minimum Gasteiger partial charge on any atom is -0.381 e. The maximum Gasteiger partial charge on any atom is 0.248 e. The zero-order chi connectivity index (χ0) is 11.0. The van der Waals surface area contributed by atoms with Crippen molar-refractivity contribution in [3.05, 3.63) is 0 Å². The quantitative estimate of drug-likeness (QED) is 0.454. The minimum atomic E-state index is -1.36. The SMILES string of the molecule is N#CCSCC(=O)NCC(O)C(N)=O. The molecule has 0 spiro atoms. The summed E-state index contributed by atoms with van der Waals surface area (Å²) in [7, 11) is 0. The third kappa shape index (κ3) is 6.28. The van der Waals surface area contributed by atoms with E-state index in [9.17, 15) is 9.59 Å². The van der Waals surface area contributed by atoms with Crippen molar-refractivity contribution in [2.45, 2.75) is 6.10 Å². The maximum absolute atomic E-state index is 10.9. The van der Waals surface area contributed by atoms with E-state index in [0.29, 0.717) is 0 Å². The normalized spacial score (nSPS) is 11.4. The van der Waals surface area contributed by atoms with E-state index in [4.69, 9.17) is 16.1 Å². The van der Waals surface area contributed by atoms with Crippen LogP contribution in [0.2, 0.25) is 0 Å². The van der Waals surface area contributed by atoms with Gasteiger partial charge in [-0.15, -0.1) is 11.8 Å². The first-order valence-corrected chi connectivity index (χ1v) is 4.92. The largest absolute Gasteiger partial charge is 0.381 e. The lowest BCUT2D eigenvalue weighted by atomic mass is 10.3. The standard InChI is InChI=1S/C7H11N3O3S/c8-1-2-14-4-6(12)10-3-5(11)7(9)13/h5,11H,2-4H2,(H2,9,13)(H,10,12). The zero-order valence-corrected chi connectivity index (χ0v) is 8.21. The average Bonchev–Trinajstić information content (AvgIpc) is 2.14. The van der Waals surface area contributed by atoms with Crippen LogP contribution in [-0.2, 0) is 9.59 Å². The number of amides is 2. The molecule has 0 aliphatic carbocycles. The van der Waals surface area contributed by atoms with Gasteiger partial charge >= 0.3 is 0 Å². The lowest BCUT2D eigenvalue weighted by molar-refractivity contribution is -0.126. The molecule has 0 fully saturated rings. The third-order valence-electron chi connectivity index (χ3n) is 1.22. The van der Waals surface area contributed by atoms with E-state index in [1.807, 2.05) is 6.07 Å². The number of primary amides is 1. The van der Waals surface area contributed by atoms with Crippen molar-refractivity contribution in [1.82, 2.24) is 5.32 Å². The van der Waals surface area contributed by atoms with Crippen LogP contribution in [0.5, 0.6) is 0 Å². The molecule has 0 aromatic rings. The van der Waals surface area contributed by atoms with Crippen molar-refractivity contribution >= 4 is 23.6 Å². The molecular formula is C7H11N3O3S. The third-order valence-corrected chi connectivity index (χ3v) is 2.02. The van der Waals surface area contributed by atoms with Gasteiger partial charge in [-0.05, 0) is 0 Å². The van der Waals surface area contributed by atoms with Crippen LogP contribution in [0.4, 0.5) is 0 Å². The maximum atomic E-state index is 10.9. The van der Waals surface area contributed by atoms with E-state index in [-0.39, 0.29) is 24.0 Å². The summed E-state index contributed by atoms with van der Waals surface area (Å²) in [5, 5.41) is 19.4. The van der Waals surface area contributed by atoms with Crippen LogP contribution >= 0.6 is 11.8 Å². The van der Waals surface area contributed by atoms with Crippen molar-refractivity contribution in [3.63, 3.8) is 0 Å². The predicted octanol–water partition coefficient (Wildman–Crippen LogP) is -1.79. The molecule has 1 atom stereocenters. The summed E-state index contributed by atoms with van der Waals surface area (Å²) in [6.07, 6.45) is -1.36. The van der Waals surface area contributed by atoms with E-state index >= 15 is 0 Å². The summed E-state index contributed by atoms with van der Waals surface area (Å²) in [5.74, 6) is -0.870. The van der Waals surface area contributed by atoms with E-state index < -0.39 is 12.0 Å². The van der Waals surface area contributed by atoms with Crippen LogP contribution in [0.1, 0.15) is 0 Å². The van der Waals surface area contributed by atoms with Gasteiger partial charge in [0.25, 0.3) is 0 Å². The fourth-order valence-electron chi connectivity index (χ4n) is 0.552. The molecule has 0 rings (SSSR count). The van der Waals surface area contributed by atoms with Crippen molar-refractivity contribution in [1.29, 1.82) is 5.26 Å². The predicted molar refractivity (Wildman–Crippen MR) is 51.1 cm³/mol. The van der Waals surface area contributed by atoms with Gasteiger partial charge in [-0.2, -0.15) is 5.26 Å². The van der Waals surface area contributed by atoms with Crippen LogP contribution in [0.3, 0.4) is 0 Å². The first kappa shape index (κ1) is 12.7. The highest BCUT2D eigenvalue weighted by Gasteiger charge is 2.11. The Morgan fingerprint density at radius 2 is 2.29 bits per heavy atom. The Labute approximate surface area is 85.5 Å². The van der Waals surface area contributed by atoms with Gasteiger partial charge in [-0.3, -0.25) is 9.59 Å². The zero-order valence-electron chi connectivity index (χ0n) is 7.40.